The first-order valence-corrected chi connectivity index (χ1v) is 13.4. The first kappa shape index (κ1) is 39.6. The predicted octanol–water partition coefficient (Wildman–Crippen LogP) is -4.54. The fourth-order valence-corrected chi connectivity index (χ4v) is 4.61. The van der Waals surface area contributed by atoms with E-state index in [4.69, 9.17) is 8.83 Å². The summed E-state index contributed by atoms with van der Waals surface area (Å²) in [7, 11) is 16.3. The Balaban J connectivity index is 0.000000403. The summed E-state index contributed by atoms with van der Waals surface area (Å²) in [5.74, 6) is 1.83. The number of benzene rings is 4. The molecule has 6 rings (SSSR count). The van der Waals surface area contributed by atoms with Crippen LogP contribution >= 0.6 is 0 Å². The summed E-state index contributed by atoms with van der Waals surface area (Å²) < 4.78 is 16.3. The molecule has 44 heavy (non-hydrogen) atoms. The second-order valence-electron chi connectivity index (χ2n) is 11.0. The van der Waals surface area contributed by atoms with Crippen molar-refractivity contribution in [3.05, 3.63) is 95.6 Å². The minimum absolute atomic E-state index is 0. The van der Waals surface area contributed by atoms with Crippen molar-refractivity contribution < 1.29 is 90.5 Å². The molecule has 2 heterocycles. The van der Waals surface area contributed by atoms with Crippen LogP contribution in [0, 0.1) is 0 Å². The molecule has 2 aromatic rings. The largest absolute Gasteiger partial charge is 1.00 e. The molecule has 2 aromatic carbocycles. The second kappa shape index (κ2) is 16.8. The fourth-order valence-electron chi connectivity index (χ4n) is 4.61. The number of nitrogens with zero attached hydrogens (tertiary/aromatic N) is 4. The van der Waals surface area contributed by atoms with Crippen molar-refractivity contribution in [1.29, 1.82) is 0 Å². The number of halogens is 2. The molecule has 0 fully saturated rings. The minimum atomic E-state index is 0. The van der Waals surface area contributed by atoms with Gasteiger partial charge in [0.25, 0.3) is 0 Å². The van der Waals surface area contributed by atoms with E-state index >= 15 is 0 Å². The van der Waals surface area contributed by atoms with Gasteiger partial charge in [-0.25, -0.2) is 9.15 Å². The van der Waals surface area contributed by atoms with Crippen molar-refractivity contribution in [2.45, 2.75) is 0 Å². The molecule has 10 heteroatoms. The van der Waals surface area contributed by atoms with Crippen LogP contribution in [0.2, 0.25) is 0 Å². The van der Waals surface area contributed by atoms with E-state index in [0.717, 1.165) is 66.7 Å². The molecule has 2 N–H and O–H groups in total. The molecule has 0 aromatic heterocycles. The molecule has 0 radical (unpaired) electrons. The van der Waals surface area contributed by atoms with Crippen LogP contribution in [-0.4, -0.2) is 61.9 Å². The van der Waals surface area contributed by atoms with Crippen LogP contribution in [0.15, 0.2) is 93.8 Å². The average Bonchev–Trinajstić information content (AvgIpc) is 2.93. The van der Waals surface area contributed by atoms with Gasteiger partial charge in [0, 0.05) is 85.7 Å². The van der Waals surface area contributed by atoms with E-state index in [-0.39, 0.29) is 81.7 Å². The van der Waals surface area contributed by atoms with E-state index in [0.29, 0.717) is 0 Å². The summed E-state index contributed by atoms with van der Waals surface area (Å²) >= 11 is 0. The zero-order valence-electron chi connectivity index (χ0n) is 26.9. The fraction of sp³-hybridized carbons (Fsp3) is 0.235. The first-order chi connectivity index (χ1) is 19.1. The SMILES string of the molecule is CN(C)c1ccc2cc3ccc(=[N+](C)C)cc-3oc2c1.CN(C)c1ccc2cc3ccc(=[N+](C)C)cc-3oc2c1.O.[Cl-].[Cl-].[K+]. The molecule has 2 aliphatic carbocycles. The molecular weight excluding hydrogens is 622 g/mol. The molecule has 0 atom stereocenters. The monoisotopic (exact) mass is 661 g/mol. The van der Waals surface area contributed by atoms with Gasteiger partial charge in [-0.15, -0.1) is 0 Å². The Morgan fingerprint density at radius 1 is 0.500 bits per heavy atom. The van der Waals surface area contributed by atoms with Crippen LogP contribution in [-0.2, 0) is 0 Å². The van der Waals surface area contributed by atoms with Crippen LogP contribution in [0.5, 0.6) is 0 Å². The van der Waals surface area contributed by atoms with E-state index in [1.807, 2.05) is 56.4 Å². The van der Waals surface area contributed by atoms with Crippen LogP contribution in [0.3, 0.4) is 0 Å². The Morgan fingerprint density at radius 3 is 1.18 bits per heavy atom. The van der Waals surface area contributed by atoms with Gasteiger partial charge >= 0.3 is 51.4 Å². The third kappa shape index (κ3) is 8.86. The van der Waals surface area contributed by atoms with E-state index in [1.165, 1.54) is 0 Å². The molecule has 2 aliphatic heterocycles. The van der Waals surface area contributed by atoms with Crippen molar-refractivity contribution in [2.24, 2.45) is 0 Å². The number of anilines is 2. The number of fused-ring (bicyclic) bond motifs is 4. The van der Waals surface area contributed by atoms with Gasteiger partial charge in [-0.1, -0.05) is 0 Å². The van der Waals surface area contributed by atoms with Crippen molar-refractivity contribution in [3.63, 3.8) is 0 Å². The van der Waals surface area contributed by atoms with Gasteiger partial charge < -0.3 is 48.9 Å². The zero-order valence-corrected chi connectivity index (χ0v) is 31.6. The Morgan fingerprint density at radius 2 is 0.864 bits per heavy atom. The molecule has 0 spiro atoms. The van der Waals surface area contributed by atoms with Crippen LogP contribution in [0.4, 0.5) is 11.4 Å². The van der Waals surface area contributed by atoms with Gasteiger partial charge in [-0.05, 0) is 48.5 Å². The molecular formula is C34H40Cl2KN4O3+. The summed E-state index contributed by atoms with van der Waals surface area (Å²) in [5.41, 5.74) is 6.37. The maximum atomic E-state index is 6.07. The first-order valence-electron chi connectivity index (χ1n) is 13.4. The number of hydrogen-bond donors (Lipinski definition) is 0. The normalized spacial score (nSPS) is 10.0. The van der Waals surface area contributed by atoms with E-state index < -0.39 is 0 Å². The van der Waals surface area contributed by atoms with Crippen LogP contribution < -0.4 is 106 Å². The summed E-state index contributed by atoms with van der Waals surface area (Å²) in [6.07, 6.45) is 0. The van der Waals surface area contributed by atoms with Gasteiger partial charge in [-0.3, -0.25) is 0 Å². The maximum absolute atomic E-state index is 6.07. The van der Waals surface area contributed by atoms with Gasteiger partial charge in [0.05, 0.1) is 12.1 Å². The van der Waals surface area contributed by atoms with Gasteiger partial charge in [0.2, 0.25) is 10.7 Å². The Kier molecular flexibility index (Phi) is 15.1. The third-order valence-electron chi connectivity index (χ3n) is 7.12. The van der Waals surface area contributed by atoms with Crippen molar-refractivity contribution in [2.75, 3.05) is 66.2 Å². The molecule has 0 unspecified atom stereocenters. The Hall–Kier alpha value is -2.40. The average molecular weight is 663 g/mol. The van der Waals surface area contributed by atoms with E-state index in [9.17, 15) is 0 Å². The van der Waals surface area contributed by atoms with Gasteiger partial charge in [0.1, 0.15) is 50.9 Å². The minimum Gasteiger partial charge on any atom is -1.00 e. The molecule has 4 aliphatic rings. The number of rotatable bonds is 2. The second-order valence-corrected chi connectivity index (χ2v) is 11.0. The number of hydrogen-bond acceptors (Lipinski definition) is 4. The Labute approximate surface area is 314 Å². The predicted molar refractivity (Wildman–Crippen MR) is 172 cm³/mol. The summed E-state index contributed by atoms with van der Waals surface area (Å²) in [4.78, 5) is 4.16. The standard InChI is InChI=1S/2C17H19N2O.2ClH.K.H2O/c2*1-18(2)14-7-5-12-9-13-6-8-15(19(3)4)11-17(13)20-16(12)10-14;;;;/h2*5-11H,1-4H3;2*1H;;1H2/q2*+1;;;+1;/p-2. The molecule has 0 saturated heterocycles. The maximum Gasteiger partial charge on any atom is 1.00 e. The third-order valence-corrected chi connectivity index (χ3v) is 7.12. The summed E-state index contributed by atoms with van der Waals surface area (Å²) in [6.45, 7) is 0. The zero-order chi connectivity index (χ0) is 28.6. The molecule has 0 saturated carbocycles. The quantitative estimate of drug-likeness (QED) is 0.107. The topological polar surface area (TPSA) is 70.3 Å². The molecule has 7 nitrogen and oxygen atoms in total. The van der Waals surface area contributed by atoms with Crippen molar-refractivity contribution >= 4 is 33.3 Å². The summed E-state index contributed by atoms with van der Waals surface area (Å²) in [6, 6.07) is 29.5. The molecule has 0 bridgehead atoms. The smallest absolute Gasteiger partial charge is 1.00 e. The van der Waals surface area contributed by atoms with Crippen molar-refractivity contribution in [1.82, 2.24) is 9.15 Å². The Bertz CT molecular complexity index is 1780. The van der Waals surface area contributed by atoms with E-state index in [1.54, 1.807) is 0 Å². The van der Waals surface area contributed by atoms with Crippen LogP contribution in [0.1, 0.15) is 0 Å². The van der Waals surface area contributed by atoms with Gasteiger partial charge in [-0.2, -0.15) is 0 Å². The van der Waals surface area contributed by atoms with Crippen LogP contribution in [0.25, 0.3) is 44.6 Å². The van der Waals surface area contributed by atoms with Crippen molar-refractivity contribution in [3.8, 4) is 22.6 Å². The van der Waals surface area contributed by atoms with E-state index in [2.05, 4.69) is 104 Å². The molecule has 228 valence electrons. The van der Waals surface area contributed by atoms with Gasteiger partial charge in [0.15, 0.2) is 0 Å². The summed E-state index contributed by atoms with van der Waals surface area (Å²) in [5, 5.41) is 4.54. The molecule has 0 amide bonds.